The van der Waals surface area contributed by atoms with E-state index < -0.39 is 5.56 Å². The number of nitrogens with one attached hydrogen (secondary N) is 1. The van der Waals surface area contributed by atoms with Crippen molar-refractivity contribution >= 4 is 11.6 Å². The number of H-pyrrole nitrogens is 1. The molecule has 0 amide bonds. The van der Waals surface area contributed by atoms with E-state index in [0.29, 0.717) is 16.8 Å². The maximum atomic E-state index is 11.7. The van der Waals surface area contributed by atoms with Gasteiger partial charge in [-0.2, -0.15) is 5.26 Å². The third-order valence-corrected chi connectivity index (χ3v) is 2.86. The SMILES string of the molecule is Cc1cc(-c2c(O)cccc2Cl)c(C#N)c(=O)[nH]1. The largest absolute Gasteiger partial charge is 0.507 e. The zero-order valence-corrected chi connectivity index (χ0v) is 10.2. The summed E-state index contributed by atoms with van der Waals surface area (Å²) in [5.41, 5.74) is 0.663. The van der Waals surface area contributed by atoms with Gasteiger partial charge in [0.1, 0.15) is 17.4 Å². The van der Waals surface area contributed by atoms with Gasteiger partial charge in [-0.15, -0.1) is 0 Å². The fraction of sp³-hybridized carbons (Fsp3) is 0.0769. The zero-order chi connectivity index (χ0) is 13.3. The van der Waals surface area contributed by atoms with Crippen molar-refractivity contribution in [3.05, 3.63) is 50.9 Å². The van der Waals surface area contributed by atoms with Gasteiger partial charge in [0.2, 0.25) is 0 Å². The Labute approximate surface area is 108 Å². The average Bonchev–Trinajstić information content (AvgIpc) is 2.28. The Kier molecular flexibility index (Phi) is 3.09. The Hall–Kier alpha value is -2.25. The van der Waals surface area contributed by atoms with Crippen LogP contribution in [-0.2, 0) is 0 Å². The molecule has 0 saturated carbocycles. The third kappa shape index (κ3) is 1.96. The lowest BCUT2D eigenvalue weighted by Gasteiger charge is -2.09. The number of benzene rings is 1. The molecule has 0 radical (unpaired) electrons. The standard InChI is InChI=1S/C13H9ClN2O2/c1-7-5-8(9(6-15)13(18)16-7)12-10(14)3-2-4-11(12)17/h2-5,17H,1H3,(H,16,18). The highest BCUT2D eigenvalue weighted by atomic mass is 35.5. The Bertz CT molecular complexity index is 694. The molecule has 0 aliphatic rings. The van der Waals surface area contributed by atoms with E-state index in [2.05, 4.69) is 4.98 Å². The lowest BCUT2D eigenvalue weighted by atomic mass is 10.00. The molecule has 2 N–H and O–H groups in total. The molecule has 18 heavy (non-hydrogen) atoms. The number of phenols is 1. The van der Waals surface area contributed by atoms with Gasteiger partial charge in [-0.3, -0.25) is 4.79 Å². The molecule has 0 bridgehead atoms. The van der Waals surface area contributed by atoms with Crippen molar-refractivity contribution in [1.29, 1.82) is 5.26 Å². The van der Waals surface area contributed by atoms with Crippen LogP contribution in [-0.4, -0.2) is 10.1 Å². The summed E-state index contributed by atoms with van der Waals surface area (Å²) in [4.78, 5) is 14.2. The number of aromatic hydroxyl groups is 1. The third-order valence-electron chi connectivity index (χ3n) is 2.54. The second-order valence-corrected chi connectivity index (χ2v) is 4.22. The topological polar surface area (TPSA) is 76.9 Å². The molecule has 0 saturated heterocycles. The molecule has 2 aromatic rings. The van der Waals surface area contributed by atoms with E-state index in [0.717, 1.165) is 0 Å². The maximum absolute atomic E-state index is 11.7. The number of nitriles is 1. The molecular formula is C13H9ClN2O2. The molecule has 1 aromatic carbocycles. The number of aromatic nitrogens is 1. The van der Waals surface area contributed by atoms with Crippen molar-refractivity contribution in [3.63, 3.8) is 0 Å². The lowest BCUT2D eigenvalue weighted by molar-refractivity contribution is 0.477. The number of halogens is 1. The Balaban J connectivity index is 2.88. The molecule has 4 nitrogen and oxygen atoms in total. The number of hydrogen-bond acceptors (Lipinski definition) is 3. The van der Waals surface area contributed by atoms with Gasteiger partial charge in [-0.25, -0.2) is 0 Å². The van der Waals surface area contributed by atoms with Gasteiger partial charge in [0.25, 0.3) is 5.56 Å². The van der Waals surface area contributed by atoms with Crippen LogP contribution in [0.4, 0.5) is 0 Å². The van der Waals surface area contributed by atoms with Gasteiger partial charge in [-0.05, 0) is 25.1 Å². The highest BCUT2D eigenvalue weighted by Gasteiger charge is 2.16. The summed E-state index contributed by atoms with van der Waals surface area (Å²) in [7, 11) is 0. The molecule has 0 spiro atoms. The normalized spacial score (nSPS) is 10.1. The van der Waals surface area contributed by atoms with Crippen molar-refractivity contribution in [2.24, 2.45) is 0 Å². The van der Waals surface area contributed by atoms with Crippen molar-refractivity contribution in [2.75, 3.05) is 0 Å². The van der Waals surface area contributed by atoms with Crippen LogP contribution in [0, 0.1) is 18.3 Å². The fourth-order valence-corrected chi connectivity index (χ4v) is 2.05. The quantitative estimate of drug-likeness (QED) is 0.827. The lowest BCUT2D eigenvalue weighted by Crippen LogP contribution is -2.12. The van der Waals surface area contributed by atoms with Crippen LogP contribution >= 0.6 is 11.6 Å². The van der Waals surface area contributed by atoms with Gasteiger partial charge in [0.15, 0.2) is 0 Å². The highest BCUT2D eigenvalue weighted by Crippen LogP contribution is 2.36. The zero-order valence-electron chi connectivity index (χ0n) is 9.49. The minimum absolute atomic E-state index is 0.0657. The first-order valence-corrected chi connectivity index (χ1v) is 5.54. The number of rotatable bonds is 1. The van der Waals surface area contributed by atoms with Crippen LogP contribution in [0.3, 0.4) is 0 Å². The molecular weight excluding hydrogens is 252 g/mol. The van der Waals surface area contributed by atoms with Gasteiger partial charge in [0, 0.05) is 16.8 Å². The van der Waals surface area contributed by atoms with Crippen LogP contribution in [0.1, 0.15) is 11.3 Å². The van der Waals surface area contributed by atoms with E-state index in [-0.39, 0.29) is 16.3 Å². The van der Waals surface area contributed by atoms with Crippen molar-refractivity contribution in [1.82, 2.24) is 4.98 Å². The Morgan fingerprint density at radius 3 is 2.78 bits per heavy atom. The molecule has 1 aromatic heterocycles. The number of pyridine rings is 1. The van der Waals surface area contributed by atoms with Gasteiger partial charge >= 0.3 is 0 Å². The van der Waals surface area contributed by atoms with Crippen LogP contribution in [0.15, 0.2) is 29.1 Å². The Morgan fingerprint density at radius 1 is 1.44 bits per heavy atom. The minimum Gasteiger partial charge on any atom is -0.507 e. The van der Waals surface area contributed by atoms with Crippen LogP contribution in [0.2, 0.25) is 5.02 Å². The molecule has 0 fully saturated rings. The van der Waals surface area contributed by atoms with Gasteiger partial charge < -0.3 is 10.1 Å². The summed E-state index contributed by atoms with van der Waals surface area (Å²) in [6, 6.07) is 8.08. The summed E-state index contributed by atoms with van der Waals surface area (Å²) in [5.74, 6) is -0.0657. The van der Waals surface area contributed by atoms with E-state index in [4.69, 9.17) is 16.9 Å². The van der Waals surface area contributed by atoms with E-state index in [9.17, 15) is 9.90 Å². The molecule has 0 atom stereocenters. The fourth-order valence-electron chi connectivity index (χ4n) is 1.78. The Morgan fingerprint density at radius 2 is 2.17 bits per heavy atom. The van der Waals surface area contributed by atoms with E-state index in [1.165, 1.54) is 6.07 Å². The number of nitrogens with zero attached hydrogens (tertiary/aromatic N) is 1. The number of aryl methyl sites for hydroxylation is 1. The van der Waals surface area contributed by atoms with Crippen molar-refractivity contribution in [3.8, 4) is 22.9 Å². The smallest absolute Gasteiger partial charge is 0.266 e. The van der Waals surface area contributed by atoms with Crippen LogP contribution in [0.5, 0.6) is 5.75 Å². The summed E-state index contributed by atoms with van der Waals surface area (Å²) < 4.78 is 0. The van der Waals surface area contributed by atoms with Crippen molar-refractivity contribution < 1.29 is 5.11 Å². The van der Waals surface area contributed by atoms with Gasteiger partial charge in [0.05, 0.1) is 5.02 Å². The first-order valence-electron chi connectivity index (χ1n) is 5.16. The molecule has 0 aliphatic carbocycles. The highest BCUT2D eigenvalue weighted by molar-refractivity contribution is 6.33. The molecule has 90 valence electrons. The molecule has 0 unspecified atom stereocenters. The van der Waals surface area contributed by atoms with Crippen LogP contribution in [0.25, 0.3) is 11.1 Å². The summed E-state index contributed by atoms with van der Waals surface area (Å²) in [6.45, 7) is 1.69. The second-order valence-electron chi connectivity index (χ2n) is 3.82. The van der Waals surface area contributed by atoms with Crippen LogP contribution < -0.4 is 5.56 Å². The van der Waals surface area contributed by atoms with Crippen molar-refractivity contribution in [2.45, 2.75) is 6.92 Å². The number of phenolic OH excluding ortho intramolecular Hbond substituents is 1. The molecule has 0 aliphatic heterocycles. The molecule has 5 heteroatoms. The van der Waals surface area contributed by atoms with E-state index in [1.54, 1.807) is 25.1 Å². The predicted octanol–water partition coefficient (Wildman–Crippen LogP) is 2.58. The minimum atomic E-state index is -0.494. The van der Waals surface area contributed by atoms with Gasteiger partial charge in [-0.1, -0.05) is 17.7 Å². The molecule has 2 rings (SSSR count). The monoisotopic (exact) mass is 260 g/mol. The van der Waals surface area contributed by atoms with E-state index in [1.807, 2.05) is 6.07 Å². The summed E-state index contributed by atoms with van der Waals surface area (Å²) in [6.07, 6.45) is 0. The number of aromatic amines is 1. The predicted molar refractivity (Wildman–Crippen MR) is 68.6 cm³/mol. The maximum Gasteiger partial charge on any atom is 0.266 e. The summed E-state index contributed by atoms with van der Waals surface area (Å²) >= 11 is 6.02. The van der Waals surface area contributed by atoms with E-state index >= 15 is 0 Å². The summed E-state index contributed by atoms with van der Waals surface area (Å²) in [5, 5.41) is 19.2. The first-order chi connectivity index (χ1) is 8.54. The second kappa shape index (κ2) is 4.55. The molecule has 1 heterocycles. The first kappa shape index (κ1) is 12.2. The number of hydrogen-bond donors (Lipinski definition) is 2. The average molecular weight is 261 g/mol.